The average Bonchev–Trinajstić information content (AvgIpc) is 2.37. The third-order valence-electron chi connectivity index (χ3n) is 4.23. The van der Waals surface area contributed by atoms with Gasteiger partial charge in [-0.1, -0.05) is 25.8 Å². The number of carbonyl (C=O) groups is 1. The summed E-state index contributed by atoms with van der Waals surface area (Å²) in [5.74, 6) is 1.24. The van der Waals surface area contributed by atoms with Crippen LogP contribution in [-0.2, 0) is 0 Å². The maximum Gasteiger partial charge on any atom is 0.249 e. The van der Waals surface area contributed by atoms with Crippen LogP contribution in [0.2, 0.25) is 0 Å². The molecule has 1 amide bonds. The summed E-state index contributed by atoms with van der Waals surface area (Å²) in [6.07, 6.45) is 5.33. The minimum atomic E-state index is -0.354. The van der Waals surface area contributed by atoms with Gasteiger partial charge in [0.2, 0.25) is 5.91 Å². The summed E-state index contributed by atoms with van der Waals surface area (Å²) in [4.78, 5) is 11.3. The van der Waals surface area contributed by atoms with Crippen LogP contribution in [0.5, 0.6) is 0 Å². The molecule has 1 aromatic rings. The summed E-state index contributed by atoms with van der Waals surface area (Å²) >= 11 is 0. The number of primary amides is 1. The first-order chi connectivity index (χ1) is 9.08. The lowest BCUT2D eigenvalue weighted by Crippen LogP contribution is -2.21. The lowest BCUT2D eigenvalue weighted by atomic mass is 9.82. The standard InChI is InChI=1S/C16H24N2O/c1-11-5-3-6-13(9-11)10-18-15-8-4-7-14(12(15)2)16(17)19/h4,7-8,11,13,18H,3,5-6,9-10H2,1-2H3,(H2,17,19). The minimum absolute atomic E-state index is 0.354. The van der Waals surface area contributed by atoms with Gasteiger partial charge in [0.05, 0.1) is 0 Å². The molecule has 2 atom stereocenters. The van der Waals surface area contributed by atoms with E-state index in [0.717, 1.165) is 29.6 Å². The Labute approximate surface area is 115 Å². The molecule has 2 rings (SSSR count). The van der Waals surface area contributed by atoms with Gasteiger partial charge in [0.1, 0.15) is 0 Å². The second kappa shape index (κ2) is 6.09. The highest BCUT2D eigenvalue weighted by Crippen LogP contribution is 2.29. The highest BCUT2D eigenvalue weighted by Gasteiger charge is 2.19. The molecule has 1 aliphatic rings. The molecule has 3 N–H and O–H groups in total. The quantitative estimate of drug-likeness (QED) is 0.872. The Bertz CT molecular complexity index is 456. The van der Waals surface area contributed by atoms with Crippen LogP contribution in [0.4, 0.5) is 5.69 Å². The molecule has 0 aliphatic heterocycles. The third-order valence-corrected chi connectivity index (χ3v) is 4.23. The van der Waals surface area contributed by atoms with Gasteiger partial charge >= 0.3 is 0 Å². The Hall–Kier alpha value is -1.51. The largest absolute Gasteiger partial charge is 0.385 e. The van der Waals surface area contributed by atoms with Crippen LogP contribution in [0.3, 0.4) is 0 Å². The smallest absolute Gasteiger partial charge is 0.249 e. The molecule has 0 aromatic heterocycles. The van der Waals surface area contributed by atoms with Gasteiger partial charge < -0.3 is 11.1 Å². The fourth-order valence-electron chi connectivity index (χ4n) is 3.09. The number of nitrogens with two attached hydrogens (primary N) is 1. The Morgan fingerprint density at radius 1 is 1.42 bits per heavy atom. The van der Waals surface area contributed by atoms with Crippen molar-refractivity contribution in [3.63, 3.8) is 0 Å². The maximum absolute atomic E-state index is 11.3. The Kier molecular flexibility index (Phi) is 4.46. The molecule has 0 heterocycles. The van der Waals surface area contributed by atoms with Crippen molar-refractivity contribution < 1.29 is 4.79 Å². The van der Waals surface area contributed by atoms with Gasteiger partial charge in [0.25, 0.3) is 0 Å². The second-order valence-electron chi connectivity index (χ2n) is 5.86. The lowest BCUT2D eigenvalue weighted by Gasteiger charge is -2.27. The molecule has 19 heavy (non-hydrogen) atoms. The van der Waals surface area contributed by atoms with Crippen LogP contribution in [0.25, 0.3) is 0 Å². The summed E-state index contributed by atoms with van der Waals surface area (Å²) in [7, 11) is 0. The second-order valence-corrected chi connectivity index (χ2v) is 5.86. The molecule has 0 bridgehead atoms. The van der Waals surface area contributed by atoms with Crippen LogP contribution in [0, 0.1) is 18.8 Å². The summed E-state index contributed by atoms with van der Waals surface area (Å²) in [6, 6.07) is 5.69. The van der Waals surface area contributed by atoms with E-state index in [0.29, 0.717) is 5.56 Å². The van der Waals surface area contributed by atoms with E-state index in [-0.39, 0.29) is 5.91 Å². The first-order valence-electron chi connectivity index (χ1n) is 7.21. The molecule has 1 fully saturated rings. The fourth-order valence-corrected chi connectivity index (χ4v) is 3.09. The zero-order valence-corrected chi connectivity index (χ0v) is 11.9. The van der Waals surface area contributed by atoms with E-state index in [4.69, 9.17) is 5.73 Å². The molecular formula is C16H24N2O. The number of anilines is 1. The highest BCUT2D eigenvalue weighted by atomic mass is 16.1. The van der Waals surface area contributed by atoms with E-state index in [1.165, 1.54) is 25.7 Å². The minimum Gasteiger partial charge on any atom is -0.385 e. The van der Waals surface area contributed by atoms with Crippen molar-refractivity contribution in [2.24, 2.45) is 17.6 Å². The molecule has 1 saturated carbocycles. The number of nitrogens with one attached hydrogen (secondary N) is 1. The summed E-state index contributed by atoms with van der Waals surface area (Å²) in [6.45, 7) is 5.28. The SMILES string of the molecule is Cc1c(NCC2CCCC(C)C2)cccc1C(N)=O. The van der Waals surface area contributed by atoms with Crippen molar-refractivity contribution in [2.75, 3.05) is 11.9 Å². The predicted molar refractivity (Wildman–Crippen MR) is 79.3 cm³/mol. The third kappa shape index (κ3) is 3.49. The Morgan fingerprint density at radius 3 is 2.89 bits per heavy atom. The van der Waals surface area contributed by atoms with Crippen molar-refractivity contribution >= 4 is 11.6 Å². The zero-order valence-electron chi connectivity index (χ0n) is 11.9. The fraction of sp³-hybridized carbons (Fsp3) is 0.562. The van der Waals surface area contributed by atoms with Crippen molar-refractivity contribution in [3.05, 3.63) is 29.3 Å². The molecule has 0 saturated heterocycles. The monoisotopic (exact) mass is 260 g/mol. The van der Waals surface area contributed by atoms with Gasteiger partial charge in [-0.3, -0.25) is 4.79 Å². The molecule has 0 radical (unpaired) electrons. The number of amides is 1. The van der Waals surface area contributed by atoms with Gasteiger partial charge in [-0.15, -0.1) is 0 Å². The molecule has 3 heteroatoms. The van der Waals surface area contributed by atoms with Crippen molar-refractivity contribution in [1.29, 1.82) is 0 Å². The number of carbonyl (C=O) groups excluding carboxylic acids is 1. The van der Waals surface area contributed by atoms with E-state index in [2.05, 4.69) is 12.2 Å². The van der Waals surface area contributed by atoms with E-state index >= 15 is 0 Å². The van der Waals surface area contributed by atoms with Crippen LogP contribution in [-0.4, -0.2) is 12.5 Å². The summed E-state index contributed by atoms with van der Waals surface area (Å²) in [5.41, 5.74) is 7.98. The number of hydrogen-bond donors (Lipinski definition) is 2. The number of hydrogen-bond acceptors (Lipinski definition) is 2. The number of benzene rings is 1. The molecule has 104 valence electrons. The topological polar surface area (TPSA) is 55.1 Å². The number of rotatable bonds is 4. The molecule has 0 spiro atoms. The summed E-state index contributed by atoms with van der Waals surface area (Å²) in [5, 5.41) is 3.49. The maximum atomic E-state index is 11.3. The molecule has 1 aromatic carbocycles. The van der Waals surface area contributed by atoms with Crippen LogP contribution >= 0.6 is 0 Å². The van der Waals surface area contributed by atoms with Gasteiger partial charge in [-0.25, -0.2) is 0 Å². The van der Waals surface area contributed by atoms with E-state index in [1.54, 1.807) is 6.07 Å². The van der Waals surface area contributed by atoms with Crippen molar-refractivity contribution in [3.8, 4) is 0 Å². The highest BCUT2D eigenvalue weighted by molar-refractivity contribution is 5.95. The van der Waals surface area contributed by atoms with E-state index in [9.17, 15) is 4.79 Å². The first kappa shape index (κ1) is 13.9. The molecule has 3 nitrogen and oxygen atoms in total. The van der Waals surface area contributed by atoms with E-state index in [1.807, 2.05) is 19.1 Å². The van der Waals surface area contributed by atoms with Crippen molar-refractivity contribution in [2.45, 2.75) is 39.5 Å². The van der Waals surface area contributed by atoms with Gasteiger partial charge in [-0.2, -0.15) is 0 Å². The average molecular weight is 260 g/mol. The summed E-state index contributed by atoms with van der Waals surface area (Å²) < 4.78 is 0. The lowest BCUT2D eigenvalue weighted by molar-refractivity contribution is 0.1000. The van der Waals surface area contributed by atoms with Crippen LogP contribution in [0.1, 0.15) is 48.5 Å². The first-order valence-corrected chi connectivity index (χ1v) is 7.21. The molecular weight excluding hydrogens is 236 g/mol. The van der Waals surface area contributed by atoms with Gasteiger partial charge in [0.15, 0.2) is 0 Å². The molecule has 1 aliphatic carbocycles. The zero-order chi connectivity index (χ0) is 13.8. The van der Waals surface area contributed by atoms with Crippen LogP contribution in [0.15, 0.2) is 18.2 Å². The van der Waals surface area contributed by atoms with E-state index < -0.39 is 0 Å². The van der Waals surface area contributed by atoms with Crippen LogP contribution < -0.4 is 11.1 Å². The van der Waals surface area contributed by atoms with Crippen molar-refractivity contribution in [1.82, 2.24) is 0 Å². The predicted octanol–water partition coefficient (Wildman–Crippen LogP) is 3.33. The Balaban J connectivity index is 1.99. The van der Waals surface area contributed by atoms with Gasteiger partial charge in [0, 0.05) is 17.8 Å². The molecule has 2 unspecified atom stereocenters. The van der Waals surface area contributed by atoms with Gasteiger partial charge in [-0.05, 0) is 49.3 Å². The Morgan fingerprint density at radius 2 is 2.21 bits per heavy atom. The normalized spacial score (nSPS) is 23.1.